The quantitative estimate of drug-likeness (QED) is 0.428. The van der Waals surface area contributed by atoms with E-state index in [1.165, 1.54) is 12.1 Å². The predicted octanol–water partition coefficient (Wildman–Crippen LogP) is 4.92. The lowest BCUT2D eigenvalue weighted by atomic mass is 9.89. The molecule has 1 aliphatic carbocycles. The van der Waals surface area contributed by atoms with Crippen molar-refractivity contribution in [2.75, 3.05) is 6.61 Å². The van der Waals surface area contributed by atoms with Gasteiger partial charge < -0.3 is 14.9 Å². The van der Waals surface area contributed by atoms with Crippen molar-refractivity contribution in [3.63, 3.8) is 0 Å². The number of benzene rings is 2. The molecular weight excluding hydrogens is 421 g/mol. The van der Waals surface area contributed by atoms with Gasteiger partial charge in [0.1, 0.15) is 5.82 Å². The molecule has 6 heteroatoms. The van der Waals surface area contributed by atoms with Crippen molar-refractivity contribution in [3.05, 3.63) is 65.6 Å². The van der Waals surface area contributed by atoms with Gasteiger partial charge in [-0.25, -0.2) is 4.39 Å². The van der Waals surface area contributed by atoms with E-state index in [0.29, 0.717) is 18.8 Å². The number of aromatic nitrogens is 1. The molecule has 2 unspecified atom stereocenters. The fourth-order valence-electron chi connectivity index (χ4n) is 4.40. The summed E-state index contributed by atoms with van der Waals surface area (Å²) in [6.07, 6.45) is 1.42. The lowest BCUT2D eigenvalue weighted by Crippen LogP contribution is -2.22. The number of nitrogens with zero attached hydrogens (tertiary/aromatic N) is 1. The van der Waals surface area contributed by atoms with Crippen LogP contribution in [0.2, 0.25) is 0 Å². The minimum absolute atomic E-state index is 0.102. The van der Waals surface area contributed by atoms with Gasteiger partial charge in [-0.3, -0.25) is 9.78 Å². The smallest absolute Gasteiger partial charge is 0.308 e. The number of para-hydroxylation sites is 1. The third-order valence-electron chi connectivity index (χ3n) is 6.10. The van der Waals surface area contributed by atoms with E-state index in [1.54, 1.807) is 19.1 Å². The van der Waals surface area contributed by atoms with Gasteiger partial charge in [-0.15, -0.1) is 0 Å². The maximum Gasteiger partial charge on any atom is 0.308 e. The van der Waals surface area contributed by atoms with Crippen LogP contribution in [0.3, 0.4) is 0 Å². The third-order valence-corrected chi connectivity index (χ3v) is 6.10. The van der Waals surface area contributed by atoms with Crippen LogP contribution in [0, 0.1) is 5.82 Å². The molecule has 3 aromatic rings. The van der Waals surface area contributed by atoms with E-state index in [-0.39, 0.29) is 25.3 Å². The summed E-state index contributed by atoms with van der Waals surface area (Å²) in [5, 5.41) is 21.8. The maximum atomic E-state index is 13.6. The summed E-state index contributed by atoms with van der Waals surface area (Å²) in [5.41, 5.74) is 4.98. The monoisotopic (exact) mass is 451 g/mol. The molecule has 1 aliphatic rings. The molecule has 1 heterocycles. The second-order valence-electron chi connectivity index (χ2n) is 8.74. The van der Waals surface area contributed by atoms with Crippen LogP contribution >= 0.6 is 0 Å². The Morgan fingerprint density at radius 1 is 1.12 bits per heavy atom. The van der Waals surface area contributed by atoms with E-state index in [2.05, 4.69) is 0 Å². The Morgan fingerprint density at radius 2 is 1.85 bits per heavy atom. The van der Waals surface area contributed by atoms with Crippen LogP contribution in [0.4, 0.5) is 4.39 Å². The molecule has 0 saturated heterocycles. The van der Waals surface area contributed by atoms with Crippen molar-refractivity contribution in [3.8, 4) is 11.1 Å². The molecule has 0 spiro atoms. The molecule has 33 heavy (non-hydrogen) atoms. The summed E-state index contributed by atoms with van der Waals surface area (Å²) in [6.45, 7) is 1.98. The number of ether oxygens (including phenoxy) is 1. The molecule has 2 atom stereocenters. The molecular formula is C27H30FNO4. The van der Waals surface area contributed by atoms with Gasteiger partial charge in [0.05, 0.1) is 30.8 Å². The molecule has 1 aromatic heterocycles. The first-order valence-electron chi connectivity index (χ1n) is 11.7. The van der Waals surface area contributed by atoms with Gasteiger partial charge in [-0.2, -0.15) is 0 Å². The van der Waals surface area contributed by atoms with Gasteiger partial charge in [-0.1, -0.05) is 30.3 Å². The number of hydrogen-bond donors (Lipinski definition) is 2. The van der Waals surface area contributed by atoms with E-state index in [4.69, 9.17) is 9.72 Å². The van der Waals surface area contributed by atoms with Crippen molar-refractivity contribution in [2.24, 2.45) is 0 Å². The van der Waals surface area contributed by atoms with Crippen LogP contribution in [-0.2, 0) is 16.0 Å². The van der Waals surface area contributed by atoms with Gasteiger partial charge >= 0.3 is 5.97 Å². The highest BCUT2D eigenvalue weighted by Gasteiger charge is 2.30. The fraction of sp³-hybridized carbons (Fsp3) is 0.407. The minimum atomic E-state index is -0.951. The topological polar surface area (TPSA) is 79.7 Å². The summed E-state index contributed by atoms with van der Waals surface area (Å²) >= 11 is 0. The third kappa shape index (κ3) is 5.75. The number of rotatable bonds is 10. The number of halogens is 1. The second-order valence-corrected chi connectivity index (χ2v) is 8.74. The van der Waals surface area contributed by atoms with Crippen molar-refractivity contribution < 1.29 is 24.1 Å². The van der Waals surface area contributed by atoms with E-state index in [0.717, 1.165) is 46.1 Å². The van der Waals surface area contributed by atoms with Crippen molar-refractivity contribution in [1.82, 2.24) is 4.98 Å². The number of pyridine rings is 1. The van der Waals surface area contributed by atoms with Gasteiger partial charge in [0.15, 0.2) is 0 Å². The van der Waals surface area contributed by atoms with Gasteiger partial charge in [0.2, 0.25) is 0 Å². The normalized spacial score (nSPS) is 15.4. The molecule has 0 radical (unpaired) electrons. The molecule has 5 nitrogen and oxygen atoms in total. The van der Waals surface area contributed by atoms with Crippen LogP contribution in [0.25, 0.3) is 22.0 Å². The lowest BCUT2D eigenvalue weighted by molar-refractivity contribution is -0.145. The first-order valence-corrected chi connectivity index (χ1v) is 11.7. The van der Waals surface area contributed by atoms with E-state index >= 15 is 0 Å². The molecule has 4 rings (SSSR count). The molecule has 2 N–H and O–H groups in total. The van der Waals surface area contributed by atoms with Crippen molar-refractivity contribution >= 4 is 16.9 Å². The zero-order chi connectivity index (χ0) is 23.4. The largest absolute Gasteiger partial charge is 0.466 e. The van der Waals surface area contributed by atoms with Crippen LogP contribution < -0.4 is 0 Å². The number of esters is 1. The molecule has 2 aromatic carbocycles. The van der Waals surface area contributed by atoms with E-state index in [9.17, 15) is 19.4 Å². The average Bonchev–Trinajstić information content (AvgIpc) is 3.63. The second kappa shape index (κ2) is 10.4. The first kappa shape index (κ1) is 23.3. The number of carbonyl (C=O) groups is 1. The average molecular weight is 452 g/mol. The molecule has 0 amide bonds. The van der Waals surface area contributed by atoms with Crippen LogP contribution in [0.15, 0.2) is 48.5 Å². The fourth-order valence-corrected chi connectivity index (χ4v) is 4.40. The Balaban J connectivity index is 1.62. The highest BCUT2D eigenvalue weighted by Crippen LogP contribution is 2.45. The lowest BCUT2D eigenvalue weighted by Gasteiger charge is -2.20. The van der Waals surface area contributed by atoms with Gasteiger partial charge in [0, 0.05) is 17.0 Å². The number of fused-ring (bicyclic) bond motifs is 1. The van der Waals surface area contributed by atoms with Crippen molar-refractivity contribution in [2.45, 2.75) is 63.6 Å². The van der Waals surface area contributed by atoms with Crippen molar-refractivity contribution in [1.29, 1.82) is 0 Å². The summed E-state index contributed by atoms with van der Waals surface area (Å²) in [6, 6.07) is 14.5. The summed E-state index contributed by atoms with van der Waals surface area (Å²) in [7, 11) is 0. The Morgan fingerprint density at radius 3 is 2.55 bits per heavy atom. The Bertz CT molecular complexity index is 1110. The molecule has 1 fully saturated rings. The highest BCUT2D eigenvalue weighted by molar-refractivity contribution is 5.96. The Labute approximate surface area is 193 Å². The van der Waals surface area contributed by atoms with Gasteiger partial charge in [-0.05, 0) is 73.9 Å². The van der Waals surface area contributed by atoms with Gasteiger partial charge in [0.25, 0.3) is 0 Å². The van der Waals surface area contributed by atoms with Crippen LogP contribution in [-0.4, -0.2) is 40.0 Å². The number of aliphatic hydroxyl groups excluding tert-OH is 2. The maximum absolute atomic E-state index is 13.6. The Kier molecular flexibility index (Phi) is 7.36. The first-order chi connectivity index (χ1) is 16.0. The summed E-state index contributed by atoms with van der Waals surface area (Å²) < 4.78 is 18.5. The zero-order valence-corrected chi connectivity index (χ0v) is 18.8. The molecule has 1 saturated carbocycles. The van der Waals surface area contributed by atoms with Crippen LogP contribution in [0.1, 0.15) is 56.2 Å². The Hall–Kier alpha value is -2.83. The SMILES string of the molecule is CCOC(=O)CC(O)CC(O)CCc1c(C2CC2)nc2ccccc2c1-c1ccc(F)cc1. The molecule has 0 aliphatic heterocycles. The predicted molar refractivity (Wildman–Crippen MR) is 125 cm³/mol. The standard InChI is InChI=1S/C27H30FNO4/c1-2-33-25(32)16-21(31)15-20(30)13-14-23-26(17-9-11-19(28)12-10-17)22-5-3-4-6-24(22)29-27(23)18-7-8-18/h3-6,9-12,18,20-21,30-31H,2,7-8,13-16H2,1H3. The van der Waals surface area contributed by atoms with E-state index in [1.807, 2.05) is 24.3 Å². The minimum Gasteiger partial charge on any atom is -0.466 e. The number of carbonyl (C=O) groups excluding carboxylic acids is 1. The van der Waals surface area contributed by atoms with Crippen LogP contribution in [0.5, 0.6) is 0 Å². The summed E-state index contributed by atoms with van der Waals surface area (Å²) in [4.78, 5) is 16.6. The molecule has 174 valence electrons. The number of aliphatic hydroxyl groups is 2. The van der Waals surface area contributed by atoms with E-state index < -0.39 is 18.2 Å². The molecule has 0 bridgehead atoms. The summed E-state index contributed by atoms with van der Waals surface area (Å²) in [5.74, 6) is -0.354. The zero-order valence-electron chi connectivity index (χ0n) is 18.8. The highest BCUT2D eigenvalue weighted by atomic mass is 19.1. The number of hydrogen-bond acceptors (Lipinski definition) is 5.